The third kappa shape index (κ3) is 3.58. The monoisotopic (exact) mass is 204 g/mol. The molecular weight excluding hydrogens is 188 g/mol. The average molecular weight is 204 g/mol. The fraction of sp³-hybridized carbons (Fsp3) is 0.308. The van der Waals surface area contributed by atoms with Gasteiger partial charge in [0, 0.05) is 5.56 Å². The summed E-state index contributed by atoms with van der Waals surface area (Å²) >= 11 is 0. The Balaban J connectivity index is 2.61. The number of ketones is 1. The number of carbonyl (C=O) groups excluding carboxylic acids is 1. The number of hydrogen-bond acceptors (Lipinski definition) is 2. The molecule has 1 rings (SSSR count). The van der Waals surface area contributed by atoms with Crippen LogP contribution in [0.2, 0.25) is 0 Å². The Morgan fingerprint density at radius 3 is 2.33 bits per heavy atom. The minimum atomic E-state index is 0.0752. The van der Waals surface area contributed by atoms with Crippen LogP contribution in [0.1, 0.15) is 31.1 Å². The highest BCUT2D eigenvalue weighted by molar-refractivity contribution is 5.94. The maximum atomic E-state index is 11.0. The molecule has 2 heteroatoms. The molecule has 0 aliphatic carbocycles. The van der Waals surface area contributed by atoms with Gasteiger partial charge in [0.15, 0.2) is 5.78 Å². The largest absolute Gasteiger partial charge is 0.489 e. The summed E-state index contributed by atoms with van der Waals surface area (Å²) in [4.78, 5) is 11.0. The van der Waals surface area contributed by atoms with E-state index >= 15 is 0 Å². The topological polar surface area (TPSA) is 26.3 Å². The lowest BCUT2D eigenvalue weighted by atomic mass is 10.1. The van der Waals surface area contributed by atoms with Gasteiger partial charge >= 0.3 is 0 Å². The third-order valence-corrected chi connectivity index (χ3v) is 2.22. The number of allylic oxidation sites excluding steroid dienone is 1. The van der Waals surface area contributed by atoms with Crippen molar-refractivity contribution in [1.29, 1.82) is 0 Å². The molecule has 0 aromatic heterocycles. The van der Waals surface area contributed by atoms with Crippen molar-refractivity contribution in [2.75, 3.05) is 6.61 Å². The van der Waals surface area contributed by atoms with Gasteiger partial charge in [0.05, 0.1) is 0 Å². The summed E-state index contributed by atoms with van der Waals surface area (Å²) < 4.78 is 5.51. The van der Waals surface area contributed by atoms with Crippen molar-refractivity contribution in [3.8, 4) is 5.75 Å². The van der Waals surface area contributed by atoms with E-state index in [9.17, 15) is 4.79 Å². The minimum absolute atomic E-state index is 0.0752. The van der Waals surface area contributed by atoms with Crippen LogP contribution in [0.5, 0.6) is 5.75 Å². The summed E-state index contributed by atoms with van der Waals surface area (Å²) in [6.07, 6.45) is 2.02. The molecule has 2 nitrogen and oxygen atoms in total. The summed E-state index contributed by atoms with van der Waals surface area (Å²) in [7, 11) is 0. The zero-order chi connectivity index (χ0) is 11.3. The van der Waals surface area contributed by atoms with Crippen molar-refractivity contribution in [1.82, 2.24) is 0 Å². The molecule has 0 N–H and O–H groups in total. The molecule has 0 unspecified atom stereocenters. The van der Waals surface area contributed by atoms with Gasteiger partial charge < -0.3 is 4.74 Å². The second kappa shape index (κ2) is 5.35. The lowest BCUT2D eigenvalue weighted by molar-refractivity contribution is 0.101. The van der Waals surface area contributed by atoms with Crippen LogP contribution < -0.4 is 4.74 Å². The Morgan fingerprint density at radius 2 is 1.87 bits per heavy atom. The van der Waals surface area contributed by atoms with E-state index in [1.807, 2.05) is 32.1 Å². The molecule has 0 bridgehead atoms. The van der Waals surface area contributed by atoms with E-state index in [-0.39, 0.29) is 5.78 Å². The van der Waals surface area contributed by atoms with Crippen LogP contribution in [0.15, 0.2) is 35.9 Å². The lowest BCUT2D eigenvalue weighted by Gasteiger charge is -2.06. The quantitative estimate of drug-likeness (QED) is 0.556. The predicted molar refractivity (Wildman–Crippen MR) is 61.4 cm³/mol. The fourth-order valence-electron chi connectivity index (χ4n) is 1.07. The van der Waals surface area contributed by atoms with Crippen molar-refractivity contribution >= 4 is 5.78 Å². The second-order valence-electron chi connectivity index (χ2n) is 3.50. The van der Waals surface area contributed by atoms with Crippen LogP contribution in [0.4, 0.5) is 0 Å². The number of hydrogen-bond donors (Lipinski definition) is 0. The van der Waals surface area contributed by atoms with E-state index in [1.165, 1.54) is 5.57 Å². The van der Waals surface area contributed by atoms with Gasteiger partial charge in [-0.2, -0.15) is 0 Å². The molecule has 80 valence electrons. The molecule has 0 saturated carbocycles. The van der Waals surface area contributed by atoms with Crippen LogP contribution in [-0.2, 0) is 0 Å². The zero-order valence-corrected chi connectivity index (χ0v) is 9.41. The van der Waals surface area contributed by atoms with Crippen molar-refractivity contribution in [3.63, 3.8) is 0 Å². The van der Waals surface area contributed by atoms with E-state index in [0.29, 0.717) is 12.2 Å². The highest BCUT2D eigenvalue weighted by atomic mass is 16.5. The van der Waals surface area contributed by atoms with Gasteiger partial charge in [-0.3, -0.25) is 4.79 Å². The summed E-state index contributed by atoms with van der Waals surface area (Å²) in [6.45, 7) is 6.15. The van der Waals surface area contributed by atoms with Gasteiger partial charge in [0.25, 0.3) is 0 Å². The molecule has 15 heavy (non-hydrogen) atoms. The maximum absolute atomic E-state index is 11.0. The van der Waals surface area contributed by atoms with Gasteiger partial charge in [0.1, 0.15) is 12.4 Å². The molecule has 0 amide bonds. The molecule has 0 spiro atoms. The number of benzene rings is 1. The van der Waals surface area contributed by atoms with Gasteiger partial charge in [0.2, 0.25) is 0 Å². The maximum Gasteiger partial charge on any atom is 0.159 e. The van der Waals surface area contributed by atoms with Gasteiger partial charge in [-0.05, 0) is 50.6 Å². The van der Waals surface area contributed by atoms with Crippen molar-refractivity contribution in [2.45, 2.75) is 20.8 Å². The standard InChI is InChI=1S/C13H16O2/c1-4-10(2)9-15-13-7-5-12(6-8-13)11(3)14/h4-8H,9H2,1-3H3/b10-4+. The van der Waals surface area contributed by atoms with Crippen LogP contribution in [0, 0.1) is 0 Å². The zero-order valence-electron chi connectivity index (χ0n) is 9.41. The molecular formula is C13H16O2. The Bertz CT molecular complexity index is 361. The summed E-state index contributed by atoms with van der Waals surface area (Å²) in [5.74, 6) is 0.868. The first-order chi connectivity index (χ1) is 7.13. The van der Waals surface area contributed by atoms with Crippen LogP contribution in [-0.4, -0.2) is 12.4 Å². The SMILES string of the molecule is C/C=C(\C)COc1ccc(C(C)=O)cc1. The molecule has 0 aliphatic heterocycles. The number of ether oxygens (including phenoxy) is 1. The summed E-state index contributed by atoms with van der Waals surface area (Å²) in [5, 5.41) is 0. The highest BCUT2D eigenvalue weighted by Crippen LogP contribution is 2.13. The lowest BCUT2D eigenvalue weighted by Crippen LogP contribution is -1.99. The summed E-state index contributed by atoms with van der Waals surface area (Å²) in [5.41, 5.74) is 1.90. The smallest absolute Gasteiger partial charge is 0.159 e. The summed E-state index contributed by atoms with van der Waals surface area (Å²) in [6, 6.07) is 7.20. The average Bonchev–Trinajstić information content (AvgIpc) is 2.26. The Kier molecular flexibility index (Phi) is 4.10. The van der Waals surface area contributed by atoms with Crippen LogP contribution in [0.25, 0.3) is 0 Å². The molecule has 0 saturated heterocycles. The van der Waals surface area contributed by atoms with Gasteiger partial charge in [-0.1, -0.05) is 6.08 Å². The second-order valence-corrected chi connectivity index (χ2v) is 3.50. The van der Waals surface area contributed by atoms with Crippen LogP contribution in [0.3, 0.4) is 0 Å². The first-order valence-corrected chi connectivity index (χ1v) is 4.99. The Morgan fingerprint density at radius 1 is 1.27 bits per heavy atom. The van der Waals surface area contributed by atoms with E-state index in [4.69, 9.17) is 4.74 Å². The van der Waals surface area contributed by atoms with Crippen LogP contribution >= 0.6 is 0 Å². The first-order valence-electron chi connectivity index (χ1n) is 4.99. The Hall–Kier alpha value is -1.57. The van der Waals surface area contributed by atoms with E-state index in [1.54, 1.807) is 19.1 Å². The normalized spacial score (nSPS) is 11.3. The van der Waals surface area contributed by atoms with Crippen molar-refractivity contribution in [3.05, 3.63) is 41.5 Å². The highest BCUT2D eigenvalue weighted by Gasteiger charge is 1.99. The number of carbonyl (C=O) groups is 1. The molecule has 0 radical (unpaired) electrons. The van der Waals surface area contributed by atoms with E-state index < -0.39 is 0 Å². The first kappa shape index (κ1) is 11.5. The molecule has 0 heterocycles. The third-order valence-electron chi connectivity index (χ3n) is 2.22. The van der Waals surface area contributed by atoms with Gasteiger partial charge in [-0.25, -0.2) is 0 Å². The van der Waals surface area contributed by atoms with Crippen molar-refractivity contribution in [2.24, 2.45) is 0 Å². The molecule has 0 atom stereocenters. The fourth-order valence-corrected chi connectivity index (χ4v) is 1.07. The molecule has 0 aliphatic rings. The van der Waals surface area contributed by atoms with Gasteiger partial charge in [-0.15, -0.1) is 0 Å². The molecule has 1 aromatic rings. The number of Topliss-reactive ketones (excluding diaryl/α,β-unsaturated/α-hetero) is 1. The Labute approximate surface area is 90.6 Å². The van der Waals surface area contributed by atoms with E-state index in [0.717, 1.165) is 5.75 Å². The molecule has 1 aromatic carbocycles. The predicted octanol–water partition coefficient (Wildman–Crippen LogP) is 3.23. The number of rotatable bonds is 4. The van der Waals surface area contributed by atoms with Crippen molar-refractivity contribution < 1.29 is 9.53 Å². The minimum Gasteiger partial charge on any atom is -0.489 e. The molecule has 0 fully saturated rings. The van der Waals surface area contributed by atoms with E-state index in [2.05, 4.69) is 0 Å².